The van der Waals surface area contributed by atoms with E-state index in [0.717, 1.165) is 48.5 Å². The maximum Gasteiger partial charge on any atom is 0.153 e. The molecule has 3 rings (SSSR count). The number of anilines is 2. The number of nitrogens with one attached hydrogen (secondary N) is 3. The van der Waals surface area contributed by atoms with Gasteiger partial charge in [-0.05, 0) is 57.3 Å². The van der Waals surface area contributed by atoms with Gasteiger partial charge in [-0.25, -0.2) is 4.98 Å². The molecule has 1 saturated heterocycles. The number of pyridine rings is 1. The fourth-order valence-corrected chi connectivity index (χ4v) is 2.66. The normalized spacial score (nSPS) is 16.2. The topological polar surface area (TPSA) is 65.6 Å². The van der Waals surface area contributed by atoms with Gasteiger partial charge < -0.3 is 10.6 Å². The third kappa shape index (κ3) is 3.36. The molecule has 0 spiro atoms. The number of aromatic nitrogens is 3. The van der Waals surface area contributed by atoms with Crippen molar-refractivity contribution in [1.82, 2.24) is 20.5 Å². The SMILES string of the molecule is Cc1cc(Nc2cccc(CC3CCNCC3)n2)n[nH]1. The number of hydrogen-bond acceptors (Lipinski definition) is 4. The molecule has 20 heavy (non-hydrogen) atoms. The van der Waals surface area contributed by atoms with E-state index in [1.807, 2.05) is 19.1 Å². The molecular weight excluding hydrogens is 250 g/mol. The van der Waals surface area contributed by atoms with Gasteiger partial charge in [-0.3, -0.25) is 5.10 Å². The average Bonchev–Trinajstić information content (AvgIpc) is 2.86. The first-order valence-electron chi connectivity index (χ1n) is 7.25. The Morgan fingerprint density at radius 3 is 2.85 bits per heavy atom. The van der Waals surface area contributed by atoms with E-state index < -0.39 is 0 Å². The Balaban J connectivity index is 1.65. The van der Waals surface area contributed by atoms with Gasteiger partial charge in [0, 0.05) is 17.5 Å². The number of nitrogens with zero attached hydrogens (tertiary/aromatic N) is 2. The molecule has 0 atom stereocenters. The molecule has 0 bridgehead atoms. The Morgan fingerprint density at radius 2 is 2.10 bits per heavy atom. The smallest absolute Gasteiger partial charge is 0.153 e. The Bertz CT molecular complexity index is 557. The van der Waals surface area contributed by atoms with Crippen LogP contribution in [-0.4, -0.2) is 28.3 Å². The molecule has 5 heteroatoms. The zero-order chi connectivity index (χ0) is 13.8. The second-order valence-corrected chi connectivity index (χ2v) is 5.47. The Hall–Kier alpha value is -1.88. The van der Waals surface area contributed by atoms with E-state index in [9.17, 15) is 0 Å². The first-order chi connectivity index (χ1) is 9.79. The molecule has 0 aromatic carbocycles. The lowest BCUT2D eigenvalue weighted by atomic mass is 9.93. The van der Waals surface area contributed by atoms with Crippen LogP contribution in [0.2, 0.25) is 0 Å². The Kier molecular flexibility index (Phi) is 3.97. The Morgan fingerprint density at radius 1 is 1.25 bits per heavy atom. The van der Waals surface area contributed by atoms with Gasteiger partial charge in [0.1, 0.15) is 5.82 Å². The number of aryl methyl sites for hydroxylation is 1. The molecule has 1 aliphatic heterocycles. The molecule has 0 saturated carbocycles. The van der Waals surface area contributed by atoms with Gasteiger partial charge in [0.15, 0.2) is 5.82 Å². The molecule has 3 N–H and O–H groups in total. The first kappa shape index (κ1) is 13.1. The van der Waals surface area contributed by atoms with Crippen LogP contribution in [0.15, 0.2) is 24.3 Å². The van der Waals surface area contributed by atoms with E-state index in [-0.39, 0.29) is 0 Å². The molecular formula is C15H21N5. The van der Waals surface area contributed by atoms with Crippen LogP contribution in [0, 0.1) is 12.8 Å². The minimum absolute atomic E-state index is 0.756. The van der Waals surface area contributed by atoms with E-state index in [2.05, 4.69) is 37.9 Å². The summed E-state index contributed by atoms with van der Waals surface area (Å²) in [6.07, 6.45) is 3.56. The van der Waals surface area contributed by atoms with E-state index in [4.69, 9.17) is 0 Å². The van der Waals surface area contributed by atoms with Crippen LogP contribution in [0.4, 0.5) is 11.6 Å². The summed E-state index contributed by atoms with van der Waals surface area (Å²) in [4.78, 5) is 4.69. The molecule has 3 heterocycles. The lowest BCUT2D eigenvalue weighted by Gasteiger charge is -2.22. The van der Waals surface area contributed by atoms with E-state index in [1.165, 1.54) is 12.8 Å². The monoisotopic (exact) mass is 271 g/mol. The highest BCUT2D eigenvalue weighted by atomic mass is 15.2. The van der Waals surface area contributed by atoms with Crippen molar-refractivity contribution in [3.63, 3.8) is 0 Å². The molecule has 0 amide bonds. The minimum atomic E-state index is 0.756. The summed E-state index contributed by atoms with van der Waals surface area (Å²) in [6, 6.07) is 8.13. The molecule has 106 valence electrons. The maximum absolute atomic E-state index is 4.69. The van der Waals surface area contributed by atoms with Crippen molar-refractivity contribution in [1.29, 1.82) is 0 Å². The summed E-state index contributed by atoms with van der Waals surface area (Å²) >= 11 is 0. The molecule has 1 aliphatic rings. The van der Waals surface area contributed by atoms with Crippen LogP contribution in [0.3, 0.4) is 0 Å². The van der Waals surface area contributed by atoms with Gasteiger partial charge >= 0.3 is 0 Å². The van der Waals surface area contributed by atoms with Gasteiger partial charge in [0.2, 0.25) is 0 Å². The highest BCUT2D eigenvalue weighted by molar-refractivity contribution is 5.51. The third-order valence-electron chi connectivity index (χ3n) is 3.73. The summed E-state index contributed by atoms with van der Waals surface area (Å²) in [6.45, 7) is 4.25. The predicted octanol–water partition coefficient (Wildman–Crippen LogP) is 2.40. The van der Waals surface area contributed by atoms with Crippen molar-refractivity contribution in [2.45, 2.75) is 26.2 Å². The molecule has 0 unspecified atom stereocenters. The number of aromatic amines is 1. The van der Waals surface area contributed by atoms with Gasteiger partial charge in [-0.15, -0.1) is 0 Å². The van der Waals surface area contributed by atoms with Crippen LogP contribution in [0.25, 0.3) is 0 Å². The van der Waals surface area contributed by atoms with E-state index >= 15 is 0 Å². The fourth-order valence-electron chi connectivity index (χ4n) is 2.66. The van der Waals surface area contributed by atoms with Crippen molar-refractivity contribution in [3.05, 3.63) is 35.7 Å². The Labute approximate surface area is 119 Å². The van der Waals surface area contributed by atoms with Crippen LogP contribution in [0.1, 0.15) is 24.2 Å². The molecule has 1 fully saturated rings. The summed E-state index contributed by atoms with van der Waals surface area (Å²) in [7, 11) is 0. The quantitative estimate of drug-likeness (QED) is 0.799. The fraction of sp³-hybridized carbons (Fsp3) is 0.467. The van der Waals surface area contributed by atoms with Crippen LogP contribution in [0.5, 0.6) is 0 Å². The van der Waals surface area contributed by atoms with Gasteiger partial charge in [0.25, 0.3) is 0 Å². The van der Waals surface area contributed by atoms with Crippen molar-refractivity contribution in [2.75, 3.05) is 18.4 Å². The lowest BCUT2D eigenvalue weighted by molar-refractivity contribution is 0.370. The molecule has 2 aromatic heterocycles. The summed E-state index contributed by atoms with van der Waals surface area (Å²) in [5, 5.41) is 13.7. The summed E-state index contributed by atoms with van der Waals surface area (Å²) < 4.78 is 0. The number of H-pyrrole nitrogens is 1. The molecule has 0 radical (unpaired) electrons. The largest absolute Gasteiger partial charge is 0.323 e. The first-order valence-corrected chi connectivity index (χ1v) is 7.25. The molecule has 2 aromatic rings. The molecule has 5 nitrogen and oxygen atoms in total. The van der Waals surface area contributed by atoms with Crippen LogP contribution in [-0.2, 0) is 6.42 Å². The van der Waals surface area contributed by atoms with Crippen molar-refractivity contribution in [3.8, 4) is 0 Å². The van der Waals surface area contributed by atoms with Crippen molar-refractivity contribution >= 4 is 11.6 Å². The minimum Gasteiger partial charge on any atom is -0.323 e. The van der Waals surface area contributed by atoms with Gasteiger partial charge in [0.05, 0.1) is 0 Å². The van der Waals surface area contributed by atoms with Crippen LogP contribution >= 0.6 is 0 Å². The van der Waals surface area contributed by atoms with E-state index in [0.29, 0.717) is 0 Å². The highest BCUT2D eigenvalue weighted by Gasteiger charge is 2.14. The summed E-state index contributed by atoms with van der Waals surface area (Å²) in [5.74, 6) is 2.43. The van der Waals surface area contributed by atoms with Crippen molar-refractivity contribution < 1.29 is 0 Å². The summed E-state index contributed by atoms with van der Waals surface area (Å²) in [5.41, 5.74) is 2.20. The average molecular weight is 271 g/mol. The number of piperidine rings is 1. The zero-order valence-electron chi connectivity index (χ0n) is 11.8. The predicted molar refractivity (Wildman–Crippen MR) is 80.1 cm³/mol. The van der Waals surface area contributed by atoms with Gasteiger partial charge in [-0.1, -0.05) is 6.07 Å². The second kappa shape index (κ2) is 6.05. The van der Waals surface area contributed by atoms with Gasteiger partial charge in [-0.2, -0.15) is 5.10 Å². The standard InChI is InChI=1S/C15H21N5/c1-11-9-15(20-19-11)18-14-4-2-3-13(17-14)10-12-5-7-16-8-6-12/h2-4,9,12,16H,5-8,10H2,1H3,(H2,17,18,19,20). The number of rotatable bonds is 4. The third-order valence-corrected chi connectivity index (χ3v) is 3.73. The second-order valence-electron chi connectivity index (χ2n) is 5.47. The van der Waals surface area contributed by atoms with Crippen LogP contribution < -0.4 is 10.6 Å². The highest BCUT2D eigenvalue weighted by Crippen LogP contribution is 2.19. The zero-order valence-corrected chi connectivity index (χ0v) is 11.8. The molecule has 0 aliphatic carbocycles. The van der Waals surface area contributed by atoms with Crippen molar-refractivity contribution in [2.24, 2.45) is 5.92 Å². The van der Waals surface area contributed by atoms with E-state index in [1.54, 1.807) is 0 Å². The lowest BCUT2D eigenvalue weighted by Crippen LogP contribution is -2.28. The number of hydrogen-bond donors (Lipinski definition) is 3. The maximum atomic E-state index is 4.69.